The van der Waals surface area contributed by atoms with Crippen molar-refractivity contribution in [2.75, 3.05) is 4.90 Å². The number of fused-ring (bicyclic) bond motifs is 4. The second-order valence-corrected chi connectivity index (χ2v) is 19.8. The van der Waals surface area contributed by atoms with Crippen LogP contribution in [0.15, 0.2) is 236 Å². The first-order chi connectivity index (χ1) is 46.3. The molecule has 3 aromatic heterocycles. The Bertz CT molecular complexity index is 5280. The van der Waals surface area contributed by atoms with Gasteiger partial charge in [0.2, 0.25) is 0 Å². The first-order valence-corrected chi connectivity index (χ1v) is 25.1. The Kier molecular flexibility index (Phi) is 8.63. The quantitative estimate of drug-likeness (QED) is 0.101. The van der Waals surface area contributed by atoms with Gasteiger partial charge in [0.1, 0.15) is 5.82 Å². The van der Waals surface area contributed by atoms with Gasteiger partial charge in [0.15, 0.2) is 0 Å². The van der Waals surface area contributed by atoms with Crippen LogP contribution < -0.4 is 9.47 Å². The maximum atomic E-state index is 9.54. The van der Waals surface area contributed by atoms with Crippen LogP contribution in [0.4, 0.5) is 17.1 Å². The van der Waals surface area contributed by atoms with Crippen LogP contribution in [0.3, 0.4) is 0 Å². The average Bonchev–Trinajstić information content (AvgIpc) is 1.71. The summed E-state index contributed by atoms with van der Waals surface area (Å²) in [5, 5.41) is 1.36. The number of benzene rings is 10. The largest absolute Gasteiger partial charge is 0.359 e. The number of anilines is 3. The third-order valence-corrected chi connectivity index (χ3v) is 14.0. The number of aromatic nitrogens is 4. The van der Waals surface area contributed by atoms with Crippen molar-refractivity contribution in [3.63, 3.8) is 0 Å². The fraction of sp³-hybridized carbons (Fsp3) is 0.0959. The van der Waals surface area contributed by atoms with Crippen LogP contribution >= 0.6 is 0 Å². The van der Waals surface area contributed by atoms with E-state index in [2.05, 4.69) is 18.5 Å². The monoisotopic (exact) mass is 1220 g/mol. The van der Waals surface area contributed by atoms with Gasteiger partial charge in [-0.1, -0.05) is 232 Å². The molecule has 13 aromatic rings. The number of nitrogens with zero attached hydrogens (tertiary/aromatic N) is 5. The zero-order valence-corrected chi connectivity index (χ0v) is 45.0. The maximum absolute atomic E-state index is 9.54. The van der Waals surface area contributed by atoms with Crippen LogP contribution in [0.5, 0.6) is 0 Å². The molecule has 13 rings (SSSR count). The summed E-state index contributed by atoms with van der Waals surface area (Å²) in [5.41, 5.74) is 2.06. The molecule has 0 bridgehead atoms. The molecule has 0 spiro atoms. The van der Waals surface area contributed by atoms with Crippen LogP contribution in [-0.4, -0.2) is 14.1 Å². The van der Waals surface area contributed by atoms with Crippen molar-refractivity contribution in [3.05, 3.63) is 277 Å². The van der Waals surface area contributed by atoms with Crippen molar-refractivity contribution < 1.29 is 53.0 Å². The van der Waals surface area contributed by atoms with Gasteiger partial charge < -0.3 is 14.0 Å². The fourth-order valence-electron chi connectivity index (χ4n) is 10.2. The molecule has 0 unspecified atom stereocenters. The first-order valence-electron chi connectivity index (χ1n) is 35.1. The summed E-state index contributed by atoms with van der Waals surface area (Å²) in [7, 11) is 0. The molecule has 0 aliphatic rings. The predicted octanol–water partition coefficient (Wildman–Crippen LogP) is 18.2. The van der Waals surface area contributed by atoms with E-state index in [9.17, 15) is 11.0 Å². The molecule has 10 aromatic carbocycles. The molecule has 3 heterocycles. The second kappa shape index (κ2) is 20.8. The van der Waals surface area contributed by atoms with Crippen LogP contribution in [0.2, 0.25) is 0 Å². The maximum Gasteiger partial charge on any atom is 0.268 e. The van der Waals surface area contributed by atoms with Crippen molar-refractivity contribution in [3.8, 4) is 61.7 Å². The van der Waals surface area contributed by atoms with Gasteiger partial charge in [-0.15, -0.1) is 28.6 Å². The van der Waals surface area contributed by atoms with Crippen molar-refractivity contribution in [1.82, 2.24) is 14.1 Å². The zero-order valence-electron chi connectivity index (χ0n) is 62.7. The number of rotatable bonds is 10. The van der Waals surface area contributed by atoms with Gasteiger partial charge in [-0.2, -0.15) is 18.2 Å². The summed E-state index contributed by atoms with van der Waals surface area (Å²) in [5.74, 6) is 0.143. The zero-order chi connectivity index (χ0) is 70.1. The summed E-state index contributed by atoms with van der Waals surface area (Å²) in [6.45, 7) is -2.86. The Labute approximate surface area is 505 Å². The van der Waals surface area contributed by atoms with Crippen LogP contribution in [0, 0.1) is 39.0 Å². The molecule has 0 N–H and O–H groups in total. The van der Waals surface area contributed by atoms with Gasteiger partial charge in [0, 0.05) is 50.8 Å². The average molecular weight is 1220 g/mol. The van der Waals surface area contributed by atoms with E-state index in [1.165, 1.54) is 41.1 Å². The Hall–Kier alpha value is -8.89. The fourth-order valence-corrected chi connectivity index (χ4v) is 10.2. The first kappa shape index (κ1) is 32.8. The van der Waals surface area contributed by atoms with Crippen molar-refractivity contribution in [1.29, 1.82) is 0 Å². The molecule has 0 amide bonds. The van der Waals surface area contributed by atoms with Crippen molar-refractivity contribution in [2.24, 2.45) is 0 Å². The number of para-hydroxylation sites is 5. The summed E-state index contributed by atoms with van der Waals surface area (Å²) in [4.78, 5) is 6.51. The number of imidazole rings is 1. The third kappa shape index (κ3) is 9.18. The number of aryl methyl sites for hydroxylation is 2. The Balaban J connectivity index is 0.00000931. The molecular weight excluding hydrogens is 1140 g/mol. The third-order valence-electron chi connectivity index (χ3n) is 14.0. The summed E-state index contributed by atoms with van der Waals surface area (Å²) < 4.78 is 185. The van der Waals surface area contributed by atoms with E-state index in [1.54, 1.807) is 117 Å². The van der Waals surface area contributed by atoms with Crippen molar-refractivity contribution >= 4 is 49.9 Å². The molecule has 0 fully saturated rings. The van der Waals surface area contributed by atoms with E-state index in [-0.39, 0.29) is 111 Å². The predicted molar refractivity (Wildman–Crippen MR) is 323 cm³/mol. The molecule has 79 heavy (non-hydrogen) atoms. The second-order valence-electron chi connectivity index (χ2n) is 19.8. The van der Waals surface area contributed by atoms with Gasteiger partial charge in [0.25, 0.3) is 6.33 Å². The minimum absolute atomic E-state index is 0. The van der Waals surface area contributed by atoms with Gasteiger partial charge in [-0.25, -0.2) is 4.98 Å². The minimum Gasteiger partial charge on any atom is -0.359 e. The van der Waals surface area contributed by atoms with E-state index < -0.39 is 86.4 Å². The smallest absolute Gasteiger partial charge is 0.268 e. The number of hydrogen-bond donors (Lipinski definition) is 0. The molecule has 5 nitrogen and oxygen atoms in total. The van der Waals surface area contributed by atoms with Crippen molar-refractivity contribution in [2.45, 2.75) is 46.7 Å². The van der Waals surface area contributed by atoms with E-state index in [0.717, 1.165) is 0 Å². The number of pyridine rings is 1. The van der Waals surface area contributed by atoms with E-state index in [1.807, 2.05) is 51.1 Å². The molecule has 0 atom stereocenters. The van der Waals surface area contributed by atoms with E-state index in [4.69, 9.17) is 21.4 Å². The minimum atomic E-state index is -2.91. The SMILES string of the molecule is [2H]c1cc(C(C)(C)C)cc(C([2H])([2H])[2H])c1-c1cc(-n2c3[c-]c(N(c4ccccc4)c4[c-]c(-n5[c-][n+](-c6c(-c7c([2H])c([2H])c([2H])c([2H])c7[2H])cccc6-c6c([2H])c([2H])c([2H])c([2H])c6[2H])c6ccccc65)cc(-c5ccccc5)c4C([2H])([2H])[2H])ccc3c3ccccc32)ncc1C([2H])([2H])[2H].[Pt]. The van der Waals surface area contributed by atoms with Gasteiger partial charge in [0.05, 0.1) is 31.8 Å². The Morgan fingerprint density at radius 1 is 0.557 bits per heavy atom. The topological polar surface area (TPSA) is 29.9 Å². The Morgan fingerprint density at radius 3 is 1.92 bits per heavy atom. The summed E-state index contributed by atoms with van der Waals surface area (Å²) in [6.07, 6.45) is 4.63. The van der Waals surface area contributed by atoms with E-state index in [0.29, 0.717) is 49.7 Å². The van der Waals surface area contributed by atoms with Crippen LogP contribution in [0.25, 0.3) is 94.5 Å². The normalized spacial score (nSPS) is 15.7. The Morgan fingerprint density at radius 2 is 1.23 bits per heavy atom. The molecule has 386 valence electrons. The van der Waals surface area contributed by atoms with E-state index >= 15 is 0 Å². The van der Waals surface area contributed by atoms with Crippen LogP contribution in [-0.2, 0) is 26.5 Å². The molecule has 0 saturated carbocycles. The van der Waals surface area contributed by atoms with Gasteiger partial charge in [-0.3, -0.25) is 4.57 Å². The molecule has 0 saturated heterocycles. The molecule has 0 aliphatic carbocycles. The number of hydrogen-bond acceptors (Lipinski definition) is 2. The summed E-state index contributed by atoms with van der Waals surface area (Å²) >= 11 is 0. The standard InChI is InChI=1S/C73H57N5.Pt/c1-49-42-55(73(4,5)6)38-40-59(49)64-46-71(74-47-50(64)2)78-66-35-20-19-32-62(66)63-41-39-57(44-70(63)78)77(56-30-17-10-18-31-56)69-45-58(43-65(51(69)3)54-28-15-9-16-29-54)75-48-76(68-37-22-21-36-67(68)75)72-60(52-24-11-7-12-25-52)33-23-34-61(72)53-26-13-8-14-27-53;/h7-43,46-47H,1-6H3;/q-2;/i1D3,2D3,3D3,7D,8D,11D,12D,13D,14D,24D,25D,26D,27D,40D;. The summed E-state index contributed by atoms with van der Waals surface area (Å²) in [6, 6.07) is 47.3. The molecule has 0 aliphatic heterocycles. The molecule has 6 heteroatoms. The van der Waals surface area contributed by atoms with Gasteiger partial charge in [-0.05, 0) is 110 Å². The van der Waals surface area contributed by atoms with Crippen LogP contribution in [0.1, 0.15) is 70.4 Å². The molecular formula is C73H57N5Pt-2. The van der Waals surface area contributed by atoms with Gasteiger partial charge >= 0.3 is 0 Å². The molecule has 0 radical (unpaired) electrons.